The largest absolute Gasteiger partial charge is 0.394 e. The SMILES string of the molecule is O=C(C1CC(c2c(-c3ccc(F)cc3)[nH]c3c(F)cc(F)cc23)C1)N1CCOC(CO)C1. The van der Waals surface area contributed by atoms with Gasteiger partial charge in [-0.05, 0) is 60.2 Å². The Morgan fingerprint density at radius 2 is 1.88 bits per heavy atom. The molecule has 5 nitrogen and oxygen atoms in total. The van der Waals surface area contributed by atoms with Gasteiger partial charge in [0.15, 0.2) is 0 Å². The highest BCUT2D eigenvalue weighted by molar-refractivity contribution is 5.92. The number of fused-ring (bicyclic) bond motifs is 1. The lowest BCUT2D eigenvalue weighted by molar-refractivity contribution is -0.147. The molecule has 2 heterocycles. The summed E-state index contributed by atoms with van der Waals surface area (Å²) in [4.78, 5) is 17.7. The minimum Gasteiger partial charge on any atom is -0.394 e. The minimum absolute atomic E-state index is 0.0172. The summed E-state index contributed by atoms with van der Waals surface area (Å²) in [5, 5.41) is 9.77. The van der Waals surface area contributed by atoms with Gasteiger partial charge in [0.25, 0.3) is 0 Å². The predicted octanol–water partition coefficient (Wildman–Crippen LogP) is 3.97. The van der Waals surface area contributed by atoms with E-state index in [1.807, 2.05) is 0 Å². The van der Waals surface area contributed by atoms with Gasteiger partial charge in [-0.2, -0.15) is 0 Å². The van der Waals surface area contributed by atoms with Crippen LogP contribution in [0.2, 0.25) is 0 Å². The number of hydrogen-bond donors (Lipinski definition) is 2. The molecule has 0 spiro atoms. The maximum atomic E-state index is 14.5. The van der Waals surface area contributed by atoms with Crippen molar-refractivity contribution < 1.29 is 27.8 Å². The molecular formula is C24H23F3N2O3. The summed E-state index contributed by atoms with van der Waals surface area (Å²) in [5.74, 6) is -1.98. The maximum absolute atomic E-state index is 14.5. The molecule has 1 amide bonds. The van der Waals surface area contributed by atoms with Gasteiger partial charge in [0.1, 0.15) is 17.5 Å². The number of aliphatic hydroxyl groups excluding tert-OH is 1. The van der Waals surface area contributed by atoms with Crippen LogP contribution in [0.15, 0.2) is 36.4 Å². The molecule has 32 heavy (non-hydrogen) atoms. The number of benzene rings is 2. The molecule has 168 valence electrons. The van der Waals surface area contributed by atoms with E-state index in [9.17, 15) is 23.1 Å². The number of carbonyl (C=O) groups excluding carboxylic acids is 1. The highest BCUT2D eigenvalue weighted by atomic mass is 19.1. The van der Waals surface area contributed by atoms with Crippen LogP contribution >= 0.6 is 0 Å². The Bertz CT molecular complexity index is 1160. The number of aromatic nitrogens is 1. The van der Waals surface area contributed by atoms with E-state index in [0.29, 0.717) is 49.2 Å². The van der Waals surface area contributed by atoms with Gasteiger partial charge in [0, 0.05) is 30.5 Å². The summed E-state index contributed by atoms with van der Waals surface area (Å²) in [6, 6.07) is 7.99. The van der Waals surface area contributed by atoms with E-state index in [1.54, 1.807) is 17.0 Å². The van der Waals surface area contributed by atoms with Crippen LogP contribution in [0.3, 0.4) is 0 Å². The van der Waals surface area contributed by atoms with E-state index in [0.717, 1.165) is 11.6 Å². The normalized spacial score (nSPS) is 23.4. The molecule has 3 aromatic rings. The summed E-state index contributed by atoms with van der Waals surface area (Å²) in [7, 11) is 0. The first kappa shape index (κ1) is 21.0. The summed E-state index contributed by atoms with van der Waals surface area (Å²) in [6.45, 7) is 1.11. The van der Waals surface area contributed by atoms with Crippen molar-refractivity contribution in [3.05, 3.63) is 59.4 Å². The standard InChI is InChI=1S/C24H23F3N2O3/c25-16-3-1-13(2-4-16)22-21(19-9-17(26)10-20(27)23(19)28-22)14-7-15(8-14)24(31)29-5-6-32-18(11-29)12-30/h1-4,9-10,14-15,18,28,30H,5-8,11-12H2. The number of hydrogen-bond acceptors (Lipinski definition) is 3. The summed E-state index contributed by atoms with van der Waals surface area (Å²) in [5.41, 5.74) is 2.25. The minimum atomic E-state index is -0.690. The molecule has 1 aliphatic carbocycles. The molecule has 8 heteroatoms. The van der Waals surface area contributed by atoms with E-state index in [1.165, 1.54) is 18.2 Å². The van der Waals surface area contributed by atoms with Crippen molar-refractivity contribution in [3.63, 3.8) is 0 Å². The molecule has 0 radical (unpaired) electrons. The molecule has 1 aromatic heterocycles. The number of nitrogens with zero attached hydrogens (tertiary/aromatic N) is 1. The molecule has 2 fully saturated rings. The van der Waals surface area contributed by atoms with Crippen molar-refractivity contribution in [1.82, 2.24) is 9.88 Å². The molecule has 1 saturated carbocycles. The number of ether oxygens (including phenoxy) is 1. The first-order valence-corrected chi connectivity index (χ1v) is 10.7. The zero-order valence-electron chi connectivity index (χ0n) is 17.3. The molecule has 1 saturated heterocycles. The molecule has 2 N–H and O–H groups in total. The van der Waals surface area contributed by atoms with Crippen LogP contribution in [0.5, 0.6) is 0 Å². The van der Waals surface area contributed by atoms with Crippen LogP contribution in [0.4, 0.5) is 13.2 Å². The Morgan fingerprint density at radius 3 is 2.59 bits per heavy atom. The average Bonchev–Trinajstić information content (AvgIpc) is 3.12. The highest BCUT2D eigenvalue weighted by Gasteiger charge is 2.41. The van der Waals surface area contributed by atoms with Crippen LogP contribution in [-0.2, 0) is 9.53 Å². The van der Waals surface area contributed by atoms with Gasteiger partial charge in [-0.1, -0.05) is 0 Å². The number of aliphatic hydroxyl groups is 1. The Balaban J connectivity index is 1.45. The van der Waals surface area contributed by atoms with Crippen LogP contribution in [0, 0.1) is 23.4 Å². The summed E-state index contributed by atoms with van der Waals surface area (Å²) < 4.78 is 47.4. The van der Waals surface area contributed by atoms with Gasteiger partial charge >= 0.3 is 0 Å². The van der Waals surface area contributed by atoms with Crippen molar-refractivity contribution in [2.24, 2.45) is 5.92 Å². The molecule has 1 unspecified atom stereocenters. The number of aromatic amines is 1. The lowest BCUT2D eigenvalue weighted by Gasteiger charge is -2.40. The van der Waals surface area contributed by atoms with Crippen molar-refractivity contribution in [3.8, 4) is 11.3 Å². The Labute approximate surface area is 182 Å². The third kappa shape index (κ3) is 3.67. The van der Waals surface area contributed by atoms with Crippen LogP contribution in [0.1, 0.15) is 24.3 Å². The van der Waals surface area contributed by atoms with E-state index in [-0.39, 0.29) is 41.8 Å². The van der Waals surface area contributed by atoms with Crippen molar-refractivity contribution in [2.75, 3.05) is 26.3 Å². The number of carbonyl (C=O) groups is 1. The van der Waals surface area contributed by atoms with Gasteiger partial charge in [0.2, 0.25) is 5.91 Å². The van der Waals surface area contributed by atoms with Crippen LogP contribution in [0.25, 0.3) is 22.2 Å². The molecule has 1 aliphatic heterocycles. The lowest BCUT2D eigenvalue weighted by Crippen LogP contribution is -2.50. The zero-order chi connectivity index (χ0) is 22.4. The number of morpholine rings is 1. The van der Waals surface area contributed by atoms with E-state index >= 15 is 0 Å². The average molecular weight is 444 g/mol. The van der Waals surface area contributed by atoms with Gasteiger partial charge in [0.05, 0.1) is 30.5 Å². The van der Waals surface area contributed by atoms with E-state index < -0.39 is 11.6 Å². The topological polar surface area (TPSA) is 65.6 Å². The van der Waals surface area contributed by atoms with Crippen LogP contribution in [-0.4, -0.2) is 53.3 Å². The second kappa shape index (κ2) is 8.26. The Kier molecular flexibility index (Phi) is 5.43. The molecule has 5 rings (SSSR count). The summed E-state index contributed by atoms with van der Waals surface area (Å²) >= 11 is 0. The fourth-order valence-corrected chi connectivity index (χ4v) is 4.85. The van der Waals surface area contributed by atoms with Gasteiger partial charge in [-0.25, -0.2) is 13.2 Å². The fourth-order valence-electron chi connectivity index (χ4n) is 4.85. The van der Waals surface area contributed by atoms with Gasteiger partial charge in [-0.3, -0.25) is 4.79 Å². The first-order valence-electron chi connectivity index (χ1n) is 10.7. The molecule has 2 aliphatic rings. The maximum Gasteiger partial charge on any atom is 0.225 e. The third-order valence-corrected chi connectivity index (χ3v) is 6.55. The smallest absolute Gasteiger partial charge is 0.225 e. The third-order valence-electron chi connectivity index (χ3n) is 6.55. The summed E-state index contributed by atoms with van der Waals surface area (Å²) in [6.07, 6.45) is 0.742. The molecule has 2 aromatic carbocycles. The van der Waals surface area contributed by atoms with Crippen LogP contribution < -0.4 is 0 Å². The van der Waals surface area contributed by atoms with Gasteiger partial charge in [-0.15, -0.1) is 0 Å². The van der Waals surface area contributed by atoms with E-state index in [4.69, 9.17) is 4.74 Å². The number of nitrogens with one attached hydrogen (secondary N) is 1. The number of H-pyrrole nitrogens is 1. The molecule has 1 atom stereocenters. The van der Waals surface area contributed by atoms with Crippen molar-refractivity contribution in [2.45, 2.75) is 24.9 Å². The van der Waals surface area contributed by atoms with Gasteiger partial charge < -0.3 is 19.7 Å². The Hall–Kier alpha value is -2.84. The van der Waals surface area contributed by atoms with Crippen molar-refractivity contribution in [1.29, 1.82) is 0 Å². The quantitative estimate of drug-likeness (QED) is 0.640. The monoisotopic (exact) mass is 444 g/mol. The number of amides is 1. The lowest BCUT2D eigenvalue weighted by atomic mass is 9.69. The number of halogens is 3. The second-order valence-corrected chi connectivity index (χ2v) is 8.56. The highest BCUT2D eigenvalue weighted by Crippen LogP contribution is 2.49. The first-order chi connectivity index (χ1) is 15.4. The van der Waals surface area contributed by atoms with Crippen molar-refractivity contribution >= 4 is 16.8 Å². The molecular weight excluding hydrogens is 421 g/mol. The zero-order valence-corrected chi connectivity index (χ0v) is 17.3. The Morgan fingerprint density at radius 1 is 1.12 bits per heavy atom. The molecule has 0 bridgehead atoms. The number of rotatable bonds is 4. The fraction of sp³-hybridized carbons (Fsp3) is 0.375. The van der Waals surface area contributed by atoms with E-state index in [2.05, 4.69) is 4.98 Å². The predicted molar refractivity (Wildman–Crippen MR) is 112 cm³/mol. The second-order valence-electron chi connectivity index (χ2n) is 8.56.